The standard InChI is InChI=1S/C15H19FO3/c1-19-14-7-6-10(9-13(14)16)8-12(15(17)18)11-4-2-3-5-11/h6-7,9,11-12H,2-5,8H2,1H3,(H,17,18). The first-order valence-corrected chi connectivity index (χ1v) is 6.67. The van der Waals surface area contributed by atoms with Crippen molar-refractivity contribution >= 4 is 5.97 Å². The summed E-state index contributed by atoms with van der Waals surface area (Å²) in [7, 11) is 1.41. The lowest BCUT2D eigenvalue weighted by atomic mass is 9.85. The van der Waals surface area contributed by atoms with Crippen LogP contribution in [0.15, 0.2) is 18.2 Å². The van der Waals surface area contributed by atoms with E-state index < -0.39 is 17.7 Å². The molecular formula is C15H19FO3. The number of hydrogen-bond acceptors (Lipinski definition) is 2. The molecule has 1 aliphatic rings. The van der Waals surface area contributed by atoms with Crippen LogP contribution in [0.3, 0.4) is 0 Å². The molecule has 1 aromatic rings. The third-order valence-electron chi connectivity index (χ3n) is 3.96. The van der Waals surface area contributed by atoms with Gasteiger partial charge in [-0.1, -0.05) is 18.9 Å². The lowest BCUT2D eigenvalue weighted by molar-refractivity contribution is -0.143. The summed E-state index contributed by atoms with van der Waals surface area (Å²) in [5.74, 6) is -1.20. The first kappa shape index (κ1) is 13.8. The van der Waals surface area contributed by atoms with Crippen LogP contribution in [0.1, 0.15) is 31.2 Å². The summed E-state index contributed by atoms with van der Waals surface area (Å²) in [4.78, 5) is 11.4. The van der Waals surface area contributed by atoms with Crippen molar-refractivity contribution < 1.29 is 19.0 Å². The summed E-state index contributed by atoms with van der Waals surface area (Å²) < 4.78 is 18.5. The molecule has 1 aliphatic carbocycles. The van der Waals surface area contributed by atoms with Crippen molar-refractivity contribution in [2.24, 2.45) is 11.8 Å². The predicted molar refractivity (Wildman–Crippen MR) is 69.7 cm³/mol. The zero-order valence-corrected chi connectivity index (χ0v) is 11.1. The van der Waals surface area contributed by atoms with Crippen LogP contribution in [0.2, 0.25) is 0 Å². The number of methoxy groups -OCH3 is 1. The van der Waals surface area contributed by atoms with E-state index in [-0.39, 0.29) is 11.7 Å². The maximum atomic E-state index is 13.6. The number of hydrogen-bond donors (Lipinski definition) is 1. The van der Waals surface area contributed by atoms with E-state index in [1.54, 1.807) is 12.1 Å². The van der Waals surface area contributed by atoms with E-state index in [0.29, 0.717) is 6.42 Å². The summed E-state index contributed by atoms with van der Waals surface area (Å²) in [5, 5.41) is 9.35. The minimum Gasteiger partial charge on any atom is -0.494 e. The molecule has 0 aromatic heterocycles. The first-order valence-electron chi connectivity index (χ1n) is 6.67. The lowest BCUT2D eigenvalue weighted by Crippen LogP contribution is -2.24. The molecule has 0 spiro atoms. The molecule has 1 N–H and O–H groups in total. The molecule has 1 aromatic carbocycles. The molecule has 0 radical (unpaired) electrons. The number of halogens is 1. The molecule has 0 amide bonds. The number of ether oxygens (including phenoxy) is 1. The summed E-state index contributed by atoms with van der Waals surface area (Å²) in [6.45, 7) is 0. The second-order valence-electron chi connectivity index (χ2n) is 5.16. The SMILES string of the molecule is COc1ccc(CC(C(=O)O)C2CCCC2)cc1F. The molecule has 3 nitrogen and oxygen atoms in total. The van der Waals surface area contributed by atoms with Crippen molar-refractivity contribution in [3.8, 4) is 5.75 Å². The molecule has 19 heavy (non-hydrogen) atoms. The zero-order chi connectivity index (χ0) is 13.8. The highest BCUT2D eigenvalue weighted by Gasteiger charge is 2.30. The average molecular weight is 266 g/mol. The Morgan fingerprint density at radius 2 is 2.16 bits per heavy atom. The quantitative estimate of drug-likeness (QED) is 0.889. The highest BCUT2D eigenvalue weighted by atomic mass is 19.1. The van der Waals surface area contributed by atoms with Crippen molar-refractivity contribution in [2.45, 2.75) is 32.1 Å². The van der Waals surface area contributed by atoms with Crippen molar-refractivity contribution in [3.05, 3.63) is 29.6 Å². The second kappa shape index (κ2) is 6.04. The topological polar surface area (TPSA) is 46.5 Å². The van der Waals surface area contributed by atoms with Crippen LogP contribution in [-0.4, -0.2) is 18.2 Å². The van der Waals surface area contributed by atoms with E-state index in [1.807, 2.05) is 0 Å². The normalized spacial score (nSPS) is 17.4. The first-order chi connectivity index (χ1) is 9.11. The van der Waals surface area contributed by atoms with Gasteiger partial charge in [-0.2, -0.15) is 0 Å². The molecule has 4 heteroatoms. The van der Waals surface area contributed by atoms with E-state index in [9.17, 15) is 14.3 Å². The molecule has 104 valence electrons. The largest absolute Gasteiger partial charge is 0.494 e. The van der Waals surface area contributed by atoms with Gasteiger partial charge in [-0.05, 0) is 42.9 Å². The number of carbonyl (C=O) groups is 1. The van der Waals surface area contributed by atoms with E-state index >= 15 is 0 Å². The Morgan fingerprint density at radius 3 is 2.68 bits per heavy atom. The zero-order valence-electron chi connectivity index (χ0n) is 11.1. The van der Waals surface area contributed by atoms with Crippen LogP contribution in [0.5, 0.6) is 5.75 Å². The Kier molecular flexibility index (Phi) is 4.40. The van der Waals surface area contributed by atoms with Crippen LogP contribution in [-0.2, 0) is 11.2 Å². The fourth-order valence-electron chi connectivity index (χ4n) is 2.91. The van der Waals surface area contributed by atoms with Gasteiger partial charge in [0, 0.05) is 0 Å². The molecule has 0 saturated heterocycles. The predicted octanol–water partition coefficient (Wildman–Crippen LogP) is 3.27. The Hall–Kier alpha value is -1.58. The van der Waals surface area contributed by atoms with Gasteiger partial charge in [-0.3, -0.25) is 4.79 Å². The van der Waals surface area contributed by atoms with Gasteiger partial charge < -0.3 is 9.84 Å². The highest BCUT2D eigenvalue weighted by Crippen LogP contribution is 2.34. The fourth-order valence-corrected chi connectivity index (χ4v) is 2.91. The van der Waals surface area contributed by atoms with Crippen molar-refractivity contribution in [2.75, 3.05) is 7.11 Å². The van der Waals surface area contributed by atoms with E-state index in [0.717, 1.165) is 31.2 Å². The minimum atomic E-state index is -0.775. The third kappa shape index (κ3) is 3.25. The van der Waals surface area contributed by atoms with Crippen molar-refractivity contribution in [1.82, 2.24) is 0 Å². The van der Waals surface area contributed by atoms with Crippen LogP contribution < -0.4 is 4.74 Å². The van der Waals surface area contributed by atoms with E-state index in [2.05, 4.69) is 0 Å². The summed E-state index contributed by atoms with van der Waals surface area (Å²) in [5.41, 5.74) is 0.720. The molecule has 1 atom stereocenters. The molecule has 0 heterocycles. The Bertz CT molecular complexity index is 453. The molecule has 1 unspecified atom stereocenters. The van der Waals surface area contributed by atoms with Crippen LogP contribution in [0.25, 0.3) is 0 Å². The Morgan fingerprint density at radius 1 is 1.47 bits per heavy atom. The van der Waals surface area contributed by atoms with E-state index in [1.165, 1.54) is 13.2 Å². The van der Waals surface area contributed by atoms with Crippen LogP contribution in [0, 0.1) is 17.7 Å². The smallest absolute Gasteiger partial charge is 0.307 e. The van der Waals surface area contributed by atoms with Gasteiger partial charge in [-0.25, -0.2) is 4.39 Å². The fraction of sp³-hybridized carbons (Fsp3) is 0.533. The molecule has 1 fully saturated rings. The summed E-state index contributed by atoms with van der Waals surface area (Å²) >= 11 is 0. The van der Waals surface area contributed by atoms with Gasteiger partial charge in [-0.15, -0.1) is 0 Å². The highest BCUT2D eigenvalue weighted by molar-refractivity contribution is 5.70. The van der Waals surface area contributed by atoms with Gasteiger partial charge in [0.15, 0.2) is 11.6 Å². The van der Waals surface area contributed by atoms with Gasteiger partial charge >= 0.3 is 5.97 Å². The molecule has 1 saturated carbocycles. The monoisotopic (exact) mass is 266 g/mol. The molecular weight excluding hydrogens is 247 g/mol. The Labute approximate surface area is 112 Å². The van der Waals surface area contributed by atoms with Gasteiger partial charge in [0.25, 0.3) is 0 Å². The number of aliphatic carboxylic acids is 1. The van der Waals surface area contributed by atoms with E-state index in [4.69, 9.17) is 4.74 Å². The van der Waals surface area contributed by atoms with Gasteiger partial charge in [0.1, 0.15) is 0 Å². The molecule has 2 rings (SSSR count). The second-order valence-corrected chi connectivity index (χ2v) is 5.16. The van der Waals surface area contributed by atoms with Gasteiger partial charge in [0.2, 0.25) is 0 Å². The molecule has 0 aliphatic heterocycles. The summed E-state index contributed by atoms with van der Waals surface area (Å²) in [6, 6.07) is 4.68. The third-order valence-corrected chi connectivity index (χ3v) is 3.96. The number of carboxylic acid groups (broad SMARTS) is 1. The van der Waals surface area contributed by atoms with Crippen LogP contribution >= 0.6 is 0 Å². The summed E-state index contributed by atoms with van der Waals surface area (Å²) in [6.07, 6.45) is 4.53. The van der Waals surface area contributed by atoms with Crippen molar-refractivity contribution in [3.63, 3.8) is 0 Å². The Balaban J connectivity index is 2.12. The molecule has 0 bridgehead atoms. The van der Waals surface area contributed by atoms with Crippen LogP contribution in [0.4, 0.5) is 4.39 Å². The number of carboxylic acids is 1. The minimum absolute atomic E-state index is 0.191. The lowest BCUT2D eigenvalue weighted by Gasteiger charge is -2.19. The maximum absolute atomic E-state index is 13.6. The number of rotatable bonds is 5. The average Bonchev–Trinajstić information content (AvgIpc) is 2.89. The van der Waals surface area contributed by atoms with Gasteiger partial charge in [0.05, 0.1) is 13.0 Å². The maximum Gasteiger partial charge on any atom is 0.307 e. The number of benzene rings is 1. The van der Waals surface area contributed by atoms with Crippen molar-refractivity contribution in [1.29, 1.82) is 0 Å².